The van der Waals surface area contributed by atoms with E-state index >= 15 is 4.39 Å². The highest BCUT2D eigenvalue weighted by Gasteiger charge is 2.22. The number of nitrogens with one attached hydrogen (secondary N) is 1. The number of nitrogens with zero attached hydrogens (tertiary/aromatic N) is 3. The summed E-state index contributed by atoms with van der Waals surface area (Å²) in [6.07, 6.45) is 1.03. The van der Waals surface area contributed by atoms with Gasteiger partial charge < -0.3 is 19.6 Å². The second-order valence-electron chi connectivity index (χ2n) is 6.25. The highest BCUT2D eigenvalue weighted by atomic mass is 79.9. The number of amides is 1. The largest absolute Gasteiger partial charge is 0.436 e. The summed E-state index contributed by atoms with van der Waals surface area (Å²) in [6.45, 7) is 1.78. The second kappa shape index (κ2) is 10.1. The number of carbonyl (C=O) groups is 1. The van der Waals surface area contributed by atoms with Crippen molar-refractivity contribution in [1.29, 1.82) is 0 Å². The first kappa shape index (κ1) is 23.1. The number of hydrogen-bond donors (Lipinski definition) is 1. The molecule has 1 aromatic heterocycles. The summed E-state index contributed by atoms with van der Waals surface area (Å²) < 4.78 is 40.9. The Morgan fingerprint density at radius 2 is 1.75 bits per heavy atom. The minimum atomic E-state index is -1.02. The fourth-order valence-corrected chi connectivity index (χ4v) is 3.09. The summed E-state index contributed by atoms with van der Waals surface area (Å²) in [7, 11) is 2.63. The zero-order valence-corrected chi connectivity index (χ0v) is 18.7. The minimum Gasteiger partial charge on any atom is -0.436 e. The molecule has 0 saturated carbocycles. The van der Waals surface area contributed by atoms with Crippen molar-refractivity contribution in [3.05, 3.63) is 70.0 Å². The molecule has 0 aliphatic heterocycles. The first-order chi connectivity index (χ1) is 15.3. The molecule has 0 saturated heterocycles. The number of halogens is 3. The van der Waals surface area contributed by atoms with Gasteiger partial charge in [0, 0.05) is 17.6 Å². The third-order valence-electron chi connectivity index (χ3n) is 4.10. The Morgan fingerprint density at radius 1 is 1.06 bits per heavy atom. The fourth-order valence-electron chi connectivity index (χ4n) is 2.62. The molecule has 0 atom stereocenters. The molecule has 0 radical (unpaired) electrons. The molecule has 32 heavy (non-hydrogen) atoms. The summed E-state index contributed by atoms with van der Waals surface area (Å²) in [5, 5.41) is 6.05. The number of carbonyl (C=O) groups excluding carboxylic acids is 1. The maximum absolute atomic E-state index is 15.0. The van der Waals surface area contributed by atoms with Crippen molar-refractivity contribution in [2.45, 2.75) is 6.92 Å². The van der Waals surface area contributed by atoms with Gasteiger partial charge in [0.05, 0.1) is 5.56 Å². The number of benzene rings is 2. The highest BCUT2D eigenvalue weighted by Crippen LogP contribution is 2.33. The van der Waals surface area contributed by atoms with Crippen molar-refractivity contribution in [1.82, 2.24) is 15.3 Å². The van der Waals surface area contributed by atoms with E-state index in [2.05, 4.69) is 36.4 Å². The van der Waals surface area contributed by atoms with E-state index in [-0.39, 0.29) is 17.0 Å². The van der Waals surface area contributed by atoms with Crippen LogP contribution in [0.5, 0.6) is 23.3 Å². The zero-order valence-electron chi connectivity index (χ0n) is 17.1. The maximum Gasteiger partial charge on any atom is 0.273 e. The standard InChI is InChI=1S/C21H17BrF2N4O4/c1-11-8-12(22)4-7-15(11)31-20-17(24)21(27-10-26-20)32-16-9-13(23)5-6-14(16)18(28-30-3)19(29)25-2/h4-10H,1-3H3,(H,25,29). The van der Waals surface area contributed by atoms with Gasteiger partial charge in [-0.15, -0.1) is 0 Å². The molecule has 3 rings (SSSR count). The van der Waals surface area contributed by atoms with Crippen LogP contribution < -0.4 is 14.8 Å². The summed E-state index contributed by atoms with van der Waals surface area (Å²) in [5.41, 5.74) is 0.580. The summed E-state index contributed by atoms with van der Waals surface area (Å²) in [4.78, 5) is 24.4. The van der Waals surface area contributed by atoms with Crippen LogP contribution in [0.3, 0.4) is 0 Å². The number of aromatic nitrogens is 2. The quantitative estimate of drug-likeness (QED) is 0.374. The number of ether oxygens (including phenoxy) is 2. The van der Waals surface area contributed by atoms with Crippen molar-refractivity contribution in [2.75, 3.05) is 14.2 Å². The Hall–Kier alpha value is -3.60. The lowest BCUT2D eigenvalue weighted by molar-refractivity contribution is -0.114. The van der Waals surface area contributed by atoms with Gasteiger partial charge in [-0.1, -0.05) is 21.1 Å². The molecule has 8 nitrogen and oxygen atoms in total. The van der Waals surface area contributed by atoms with Crippen LogP contribution in [0.4, 0.5) is 8.78 Å². The van der Waals surface area contributed by atoms with Gasteiger partial charge in [-0.2, -0.15) is 14.4 Å². The number of likely N-dealkylation sites (N-methyl/N-ethyl adjacent to an activating group) is 1. The number of hydrogen-bond acceptors (Lipinski definition) is 7. The topological polar surface area (TPSA) is 94.9 Å². The van der Waals surface area contributed by atoms with Gasteiger partial charge >= 0.3 is 0 Å². The van der Waals surface area contributed by atoms with E-state index < -0.39 is 29.3 Å². The average Bonchev–Trinajstić information content (AvgIpc) is 2.76. The van der Waals surface area contributed by atoms with Crippen LogP contribution >= 0.6 is 15.9 Å². The third-order valence-corrected chi connectivity index (χ3v) is 4.59. The van der Waals surface area contributed by atoms with Gasteiger partial charge in [-0.3, -0.25) is 4.79 Å². The predicted molar refractivity (Wildman–Crippen MR) is 115 cm³/mol. The molecule has 0 aliphatic rings. The van der Waals surface area contributed by atoms with Crippen molar-refractivity contribution in [3.8, 4) is 23.3 Å². The number of oxime groups is 1. The van der Waals surface area contributed by atoms with Crippen molar-refractivity contribution in [3.63, 3.8) is 0 Å². The lowest BCUT2D eigenvalue weighted by Gasteiger charge is -2.13. The first-order valence-corrected chi connectivity index (χ1v) is 9.88. The Kier molecular flexibility index (Phi) is 7.31. The van der Waals surface area contributed by atoms with Crippen LogP contribution in [0.15, 0.2) is 52.4 Å². The molecule has 0 fully saturated rings. The number of rotatable bonds is 7. The van der Waals surface area contributed by atoms with Gasteiger partial charge in [0.1, 0.15) is 30.8 Å². The highest BCUT2D eigenvalue weighted by molar-refractivity contribution is 9.10. The van der Waals surface area contributed by atoms with Crippen LogP contribution in [0.1, 0.15) is 11.1 Å². The second-order valence-corrected chi connectivity index (χ2v) is 7.17. The van der Waals surface area contributed by atoms with E-state index in [0.29, 0.717) is 5.75 Å². The third kappa shape index (κ3) is 5.17. The molecule has 1 N–H and O–H groups in total. The summed E-state index contributed by atoms with van der Waals surface area (Å²) in [5.74, 6) is -3.10. The maximum atomic E-state index is 15.0. The Morgan fingerprint density at radius 3 is 2.38 bits per heavy atom. The van der Waals surface area contributed by atoms with Gasteiger partial charge in [0.2, 0.25) is 5.82 Å². The molecule has 11 heteroatoms. The molecule has 0 bridgehead atoms. The number of aryl methyl sites for hydroxylation is 1. The predicted octanol–water partition coefficient (Wildman–Crippen LogP) is 4.51. The fraction of sp³-hybridized carbons (Fsp3) is 0.143. The molecule has 3 aromatic rings. The summed E-state index contributed by atoms with van der Waals surface area (Å²) in [6, 6.07) is 8.47. The summed E-state index contributed by atoms with van der Waals surface area (Å²) >= 11 is 3.34. The van der Waals surface area contributed by atoms with E-state index in [1.165, 1.54) is 20.2 Å². The van der Waals surface area contributed by atoms with E-state index in [0.717, 1.165) is 28.5 Å². The smallest absolute Gasteiger partial charge is 0.273 e. The lowest BCUT2D eigenvalue weighted by Crippen LogP contribution is -2.29. The Balaban J connectivity index is 1.99. The minimum absolute atomic E-state index is 0.0526. The van der Waals surface area contributed by atoms with Gasteiger partial charge in [0.15, 0.2) is 5.71 Å². The molecule has 1 amide bonds. The molecule has 0 unspecified atom stereocenters. The Bertz CT molecular complexity index is 1190. The lowest BCUT2D eigenvalue weighted by atomic mass is 10.1. The molecule has 1 heterocycles. The normalized spacial score (nSPS) is 11.1. The molecule has 166 valence electrons. The molecule has 0 aliphatic carbocycles. The van der Waals surface area contributed by atoms with Crippen molar-refractivity contribution in [2.24, 2.45) is 5.16 Å². The van der Waals surface area contributed by atoms with E-state index in [1.54, 1.807) is 25.1 Å². The SMILES string of the molecule is CNC(=O)C(=NOC)c1ccc(F)cc1Oc1ncnc(Oc2ccc(Br)cc2C)c1F. The van der Waals surface area contributed by atoms with Crippen molar-refractivity contribution < 1.29 is 27.9 Å². The van der Waals surface area contributed by atoms with E-state index in [4.69, 9.17) is 14.3 Å². The first-order valence-electron chi connectivity index (χ1n) is 9.09. The Labute approximate surface area is 190 Å². The van der Waals surface area contributed by atoms with Crippen LogP contribution in [-0.2, 0) is 9.63 Å². The molecular weight excluding hydrogens is 490 g/mol. The zero-order chi connectivity index (χ0) is 23.3. The molecular formula is C21H17BrF2N4O4. The van der Waals surface area contributed by atoms with Gasteiger partial charge in [0.25, 0.3) is 17.7 Å². The van der Waals surface area contributed by atoms with Crippen LogP contribution in [0.25, 0.3) is 0 Å². The monoisotopic (exact) mass is 506 g/mol. The van der Waals surface area contributed by atoms with Crippen LogP contribution in [0, 0.1) is 18.6 Å². The van der Waals surface area contributed by atoms with Crippen molar-refractivity contribution >= 4 is 27.5 Å². The van der Waals surface area contributed by atoms with Gasteiger partial charge in [-0.05, 0) is 42.8 Å². The van der Waals surface area contributed by atoms with E-state index in [9.17, 15) is 9.18 Å². The van der Waals surface area contributed by atoms with Crippen LogP contribution in [0.2, 0.25) is 0 Å². The molecule has 2 aromatic carbocycles. The van der Waals surface area contributed by atoms with Crippen LogP contribution in [-0.4, -0.2) is 35.7 Å². The average molecular weight is 507 g/mol. The van der Waals surface area contributed by atoms with Gasteiger partial charge in [-0.25, -0.2) is 4.39 Å². The molecule has 0 spiro atoms. The van der Waals surface area contributed by atoms with E-state index in [1.807, 2.05) is 0 Å².